The van der Waals surface area contributed by atoms with Crippen LogP contribution in [0, 0.1) is 0 Å². The Hall–Kier alpha value is -1.97. The molecule has 0 spiro atoms. The number of para-hydroxylation sites is 1. The normalized spacial score (nSPS) is 14.7. The molecule has 1 aromatic carbocycles. The Labute approximate surface area is 177 Å². The van der Waals surface area contributed by atoms with Crippen molar-refractivity contribution in [1.82, 2.24) is 20.4 Å². The molecule has 0 amide bonds. The minimum atomic E-state index is -0.169. The number of aromatic nitrogens is 2. The van der Waals surface area contributed by atoms with Crippen LogP contribution in [0.2, 0.25) is 0 Å². The molecule has 0 bridgehead atoms. The summed E-state index contributed by atoms with van der Waals surface area (Å²) in [5.74, 6) is 2.40. The Morgan fingerprint density at radius 1 is 1.33 bits per heavy atom. The first-order valence-corrected chi connectivity index (χ1v) is 8.83. The van der Waals surface area contributed by atoms with Crippen LogP contribution in [0.25, 0.3) is 0 Å². The van der Waals surface area contributed by atoms with Crippen LogP contribution < -0.4 is 20.1 Å². The van der Waals surface area contributed by atoms with E-state index < -0.39 is 0 Å². The maximum absolute atomic E-state index is 6.03. The number of rotatable bonds is 6. The molecule has 0 atom stereocenters. The smallest absolute Gasteiger partial charge is 0.191 e. The van der Waals surface area contributed by atoms with Crippen molar-refractivity contribution in [3.8, 4) is 11.5 Å². The Kier molecular flexibility index (Phi) is 7.34. The van der Waals surface area contributed by atoms with Gasteiger partial charge in [-0.15, -0.1) is 24.0 Å². The van der Waals surface area contributed by atoms with Crippen molar-refractivity contribution in [1.29, 1.82) is 0 Å². The highest BCUT2D eigenvalue weighted by Crippen LogP contribution is 2.41. The summed E-state index contributed by atoms with van der Waals surface area (Å²) in [5, 5.41) is 10.7. The number of aryl methyl sites for hydroxylation is 1. The maximum atomic E-state index is 6.03. The van der Waals surface area contributed by atoms with Crippen molar-refractivity contribution in [2.45, 2.75) is 32.4 Å². The Morgan fingerprint density at radius 3 is 2.85 bits per heavy atom. The minimum Gasteiger partial charge on any atom is -0.488 e. The molecule has 148 valence electrons. The Bertz CT molecular complexity index is 788. The molecule has 0 saturated carbocycles. The zero-order chi connectivity index (χ0) is 18.6. The highest BCUT2D eigenvalue weighted by molar-refractivity contribution is 14.0. The largest absolute Gasteiger partial charge is 0.488 e. The summed E-state index contributed by atoms with van der Waals surface area (Å²) in [4.78, 5) is 4.22. The number of aliphatic imine (C=N–C) groups is 1. The molecule has 2 aromatic rings. The second kappa shape index (κ2) is 9.29. The van der Waals surface area contributed by atoms with Crippen molar-refractivity contribution in [2.24, 2.45) is 12.0 Å². The number of nitrogens with one attached hydrogen (secondary N) is 2. The van der Waals surface area contributed by atoms with Crippen LogP contribution in [0.4, 0.5) is 0 Å². The van der Waals surface area contributed by atoms with Gasteiger partial charge in [0.25, 0.3) is 0 Å². The first kappa shape index (κ1) is 21.3. The summed E-state index contributed by atoms with van der Waals surface area (Å²) in [6.07, 6.45) is 2.69. The fourth-order valence-electron chi connectivity index (χ4n) is 3.00. The molecule has 27 heavy (non-hydrogen) atoms. The molecule has 0 saturated heterocycles. The zero-order valence-corrected chi connectivity index (χ0v) is 18.6. The molecule has 1 aliphatic heterocycles. The van der Waals surface area contributed by atoms with Gasteiger partial charge in [-0.3, -0.25) is 9.67 Å². The van der Waals surface area contributed by atoms with E-state index in [0.29, 0.717) is 19.7 Å². The number of benzene rings is 1. The lowest BCUT2D eigenvalue weighted by molar-refractivity contribution is 0.132. The molecule has 2 N–H and O–H groups in total. The lowest BCUT2D eigenvalue weighted by Gasteiger charge is -2.18. The van der Waals surface area contributed by atoms with Gasteiger partial charge in [-0.05, 0) is 26.0 Å². The van der Waals surface area contributed by atoms with Crippen molar-refractivity contribution < 1.29 is 9.47 Å². The predicted molar refractivity (Wildman–Crippen MR) is 117 cm³/mol. The third-order valence-corrected chi connectivity index (χ3v) is 4.29. The second-order valence-electron chi connectivity index (χ2n) is 6.93. The van der Waals surface area contributed by atoms with Crippen molar-refractivity contribution in [3.05, 3.63) is 41.7 Å². The lowest BCUT2D eigenvalue weighted by atomic mass is 10.0. The fraction of sp³-hybridized carbons (Fsp3) is 0.474. The van der Waals surface area contributed by atoms with Crippen molar-refractivity contribution in [2.75, 3.05) is 20.2 Å². The molecule has 0 unspecified atom stereocenters. The Balaban J connectivity index is 0.00000261. The van der Waals surface area contributed by atoms with Crippen LogP contribution in [-0.2, 0) is 20.0 Å². The molecule has 1 aromatic heterocycles. The van der Waals surface area contributed by atoms with Gasteiger partial charge in [-0.2, -0.15) is 5.10 Å². The average molecular weight is 485 g/mol. The number of hydrogen-bond donors (Lipinski definition) is 2. The molecule has 2 heterocycles. The highest BCUT2D eigenvalue weighted by Gasteiger charge is 2.32. The number of halogens is 1. The van der Waals surface area contributed by atoms with E-state index in [1.165, 1.54) is 5.56 Å². The van der Waals surface area contributed by atoms with Crippen LogP contribution in [0.3, 0.4) is 0 Å². The van der Waals surface area contributed by atoms with E-state index in [4.69, 9.17) is 9.47 Å². The summed E-state index contributed by atoms with van der Waals surface area (Å²) in [7, 11) is 3.67. The van der Waals surface area contributed by atoms with E-state index in [-0.39, 0.29) is 29.6 Å². The van der Waals surface area contributed by atoms with E-state index in [2.05, 4.69) is 40.6 Å². The summed E-state index contributed by atoms with van der Waals surface area (Å²) >= 11 is 0. The second-order valence-corrected chi connectivity index (χ2v) is 6.93. The van der Waals surface area contributed by atoms with E-state index in [0.717, 1.165) is 29.6 Å². The molecule has 3 rings (SSSR count). The van der Waals surface area contributed by atoms with Crippen LogP contribution in [0.1, 0.15) is 25.1 Å². The van der Waals surface area contributed by atoms with Gasteiger partial charge in [0, 0.05) is 32.3 Å². The van der Waals surface area contributed by atoms with Crippen LogP contribution in [0.5, 0.6) is 11.5 Å². The number of hydrogen-bond acceptors (Lipinski definition) is 4. The lowest BCUT2D eigenvalue weighted by Crippen LogP contribution is -2.39. The van der Waals surface area contributed by atoms with Gasteiger partial charge in [-0.1, -0.05) is 12.1 Å². The van der Waals surface area contributed by atoms with Crippen LogP contribution in [-0.4, -0.2) is 41.5 Å². The molecular formula is C19H28IN5O2. The van der Waals surface area contributed by atoms with Crippen molar-refractivity contribution in [3.63, 3.8) is 0 Å². The number of nitrogens with zero attached hydrogens (tertiary/aromatic N) is 3. The van der Waals surface area contributed by atoms with Gasteiger partial charge < -0.3 is 20.1 Å². The first-order chi connectivity index (χ1) is 12.5. The highest BCUT2D eigenvalue weighted by atomic mass is 127. The summed E-state index contributed by atoms with van der Waals surface area (Å²) in [6.45, 7) is 6.00. The summed E-state index contributed by atoms with van der Waals surface area (Å²) in [5.41, 5.74) is 2.12. The number of guanidine groups is 1. The molecule has 0 fully saturated rings. The average Bonchev–Trinajstić information content (AvgIpc) is 3.15. The van der Waals surface area contributed by atoms with Gasteiger partial charge in [0.1, 0.15) is 12.2 Å². The van der Waals surface area contributed by atoms with Gasteiger partial charge in [-0.25, -0.2) is 0 Å². The van der Waals surface area contributed by atoms with E-state index in [9.17, 15) is 0 Å². The van der Waals surface area contributed by atoms with Crippen molar-refractivity contribution >= 4 is 29.9 Å². The summed E-state index contributed by atoms with van der Waals surface area (Å²) in [6, 6.07) is 8.04. The van der Waals surface area contributed by atoms with Gasteiger partial charge in [0.15, 0.2) is 17.5 Å². The maximum Gasteiger partial charge on any atom is 0.191 e. The molecule has 8 heteroatoms. The zero-order valence-electron chi connectivity index (χ0n) is 16.3. The van der Waals surface area contributed by atoms with Crippen LogP contribution in [0.15, 0.2) is 35.5 Å². The molecular weight excluding hydrogens is 457 g/mol. The molecule has 0 aliphatic carbocycles. The van der Waals surface area contributed by atoms with E-state index in [1.807, 2.05) is 29.9 Å². The quantitative estimate of drug-likeness (QED) is 0.285. The van der Waals surface area contributed by atoms with E-state index >= 15 is 0 Å². The SMILES string of the molecule is CN=C(NCCOc1cccc2c1OC(C)(C)C2)NCc1ccnn1C.I. The predicted octanol–water partition coefficient (Wildman–Crippen LogP) is 2.50. The van der Waals surface area contributed by atoms with Gasteiger partial charge in [0.05, 0.1) is 18.8 Å². The molecule has 7 nitrogen and oxygen atoms in total. The van der Waals surface area contributed by atoms with Crippen LogP contribution >= 0.6 is 24.0 Å². The number of ether oxygens (including phenoxy) is 2. The third-order valence-electron chi connectivity index (χ3n) is 4.29. The molecule has 0 radical (unpaired) electrons. The Morgan fingerprint density at radius 2 is 2.15 bits per heavy atom. The summed E-state index contributed by atoms with van der Waals surface area (Å²) < 4.78 is 13.8. The molecule has 1 aliphatic rings. The first-order valence-electron chi connectivity index (χ1n) is 8.83. The van der Waals surface area contributed by atoms with Gasteiger partial charge >= 0.3 is 0 Å². The fourth-order valence-corrected chi connectivity index (χ4v) is 3.00. The number of fused-ring (bicyclic) bond motifs is 1. The monoisotopic (exact) mass is 485 g/mol. The minimum absolute atomic E-state index is 0. The topological polar surface area (TPSA) is 72.7 Å². The standard InChI is InChI=1S/C19H27N5O2.HI/c1-19(2)12-14-6-5-7-16(17(14)26-19)25-11-10-21-18(20-3)22-13-15-8-9-23-24(15)4;/h5-9H,10-13H2,1-4H3,(H2,20,21,22);1H. The third kappa shape index (κ3) is 5.50. The van der Waals surface area contributed by atoms with E-state index in [1.54, 1.807) is 13.2 Å². The van der Waals surface area contributed by atoms with Gasteiger partial charge in [0.2, 0.25) is 0 Å².